The Morgan fingerprint density at radius 2 is 1.91 bits per heavy atom. The van der Waals surface area contributed by atoms with E-state index in [9.17, 15) is 9.90 Å². The van der Waals surface area contributed by atoms with Gasteiger partial charge >= 0.3 is 0 Å². The lowest BCUT2D eigenvalue weighted by Gasteiger charge is -2.18. The predicted molar refractivity (Wildman–Crippen MR) is 129 cm³/mol. The summed E-state index contributed by atoms with van der Waals surface area (Å²) in [5, 5.41) is 12.6. The average molecular weight is 448 g/mol. The molecule has 6 heteroatoms. The first-order chi connectivity index (χ1) is 15.5. The Bertz CT molecular complexity index is 1170. The number of β-amino-alcohol motifs (C(OH)–C–C–N with tert-alkyl or cyclic N) is 1. The van der Waals surface area contributed by atoms with Gasteiger partial charge in [-0.2, -0.15) is 0 Å². The molecule has 0 saturated carbocycles. The van der Waals surface area contributed by atoms with E-state index >= 15 is 0 Å². The lowest BCUT2D eigenvalue weighted by molar-refractivity contribution is 0.0891. The number of benzene rings is 2. The molecule has 3 aromatic rings. The first-order valence-electron chi connectivity index (χ1n) is 10.9. The highest BCUT2D eigenvalue weighted by Gasteiger charge is 2.17. The number of nitrogens with two attached hydrogens (primary N) is 1. The third kappa shape index (κ3) is 5.46. The highest BCUT2D eigenvalue weighted by atomic mass is 35.5. The fourth-order valence-electron chi connectivity index (χ4n) is 4.00. The summed E-state index contributed by atoms with van der Waals surface area (Å²) in [5.41, 5.74) is 8.08. The first-order valence-corrected chi connectivity index (χ1v) is 11.3. The third-order valence-electron chi connectivity index (χ3n) is 5.79. The van der Waals surface area contributed by atoms with E-state index in [0.717, 1.165) is 29.4 Å². The molecule has 0 spiro atoms. The number of likely N-dealkylation sites (tertiary alicyclic amines) is 1. The van der Waals surface area contributed by atoms with Crippen molar-refractivity contribution in [2.75, 3.05) is 25.4 Å². The Balaban J connectivity index is 1.41. The maximum absolute atomic E-state index is 12.5. The number of hydrogen-bond acceptors (Lipinski definition) is 5. The van der Waals surface area contributed by atoms with E-state index in [1.807, 2.05) is 24.3 Å². The molecule has 1 saturated heterocycles. The molecule has 0 radical (unpaired) electrons. The van der Waals surface area contributed by atoms with E-state index in [1.165, 1.54) is 12.8 Å². The molecule has 1 aromatic heterocycles. The topological polar surface area (TPSA) is 79.4 Å². The van der Waals surface area contributed by atoms with Crippen LogP contribution in [0, 0.1) is 11.8 Å². The molecule has 32 heavy (non-hydrogen) atoms. The Morgan fingerprint density at radius 3 is 2.66 bits per heavy atom. The summed E-state index contributed by atoms with van der Waals surface area (Å²) in [7, 11) is 0. The van der Waals surface area contributed by atoms with Crippen LogP contribution in [0.15, 0.2) is 48.7 Å². The summed E-state index contributed by atoms with van der Waals surface area (Å²) < 4.78 is 0. The molecule has 1 aliphatic rings. The largest absolute Gasteiger partial charge is 0.392 e. The minimum absolute atomic E-state index is 0.0297. The van der Waals surface area contributed by atoms with E-state index in [2.05, 4.69) is 21.7 Å². The van der Waals surface area contributed by atoms with Crippen molar-refractivity contribution < 1.29 is 9.90 Å². The van der Waals surface area contributed by atoms with Gasteiger partial charge in [-0.3, -0.25) is 4.79 Å². The molecule has 0 bridgehead atoms. The molecule has 1 unspecified atom stereocenters. The number of fused-ring (bicyclic) bond motifs is 1. The molecule has 2 heterocycles. The molecule has 1 atom stereocenters. The van der Waals surface area contributed by atoms with E-state index < -0.39 is 6.10 Å². The zero-order chi connectivity index (χ0) is 22.5. The molecular formula is C26H26ClN3O2. The van der Waals surface area contributed by atoms with Crippen molar-refractivity contribution in [2.45, 2.75) is 31.8 Å². The van der Waals surface area contributed by atoms with Crippen molar-refractivity contribution in [3.63, 3.8) is 0 Å². The van der Waals surface area contributed by atoms with Crippen LogP contribution in [0.2, 0.25) is 5.02 Å². The molecule has 0 aliphatic carbocycles. The minimum Gasteiger partial charge on any atom is -0.392 e. The number of pyridine rings is 1. The maximum Gasteiger partial charge on any atom is 0.162 e. The van der Waals surface area contributed by atoms with Crippen LogP contribution >= 0.6 is 11.6 Å². The highest BCUT2D eigenvalue weighted by Crippen LogP contribution is 2.25. The van der Waals surface area contributed by atoms with E-state index in [0.29, 0.717) is 41.4 Å². The number of nitrogens with zero attached hydrogens (tertiary/aromatic N) is 2. The molecule has 1 aliphatic heterocycles. The molecule has 4 rings (SSSR count). The quantitative estimate of drug-likeness (QED) is 0.435. The number of hydrogen-bond donors (Lipinski definition) is 2. The highest BCUT2D eigenvalue weighted by molar-refractivity contribution is 6.31. The molecule has 5 nitrogen and oxygen atoms in total. The summed E-state index contributed by atoms with van der Waals surface area (Å²) in [6, 6.07) is 12.7. The van der Waals surface area contributed by atoms with Gasteiger partial charge in [0, 0.05) is 46.1 Å². The number of carbonyl (C=O) groups is 1. The van der Waals surface area contributed by atoms with Crippen LogP contribution in [0.4, 0.5) is 5.82 Å². The number of aliphatic hydroxyl groups is 1. The van der Waals surface area contributed by atoms with Gasteiger partial charge in [0.05, 0.1) is 11.7 Å². The van der Waals surface area contributed by atoms with Crippen molar-refractivity contribution in [2.24, 2.45) is 0 Å². The Hall–Kier alpha value is -2.91. The number of Topliss-reactive ketones (excluding diaryl/α,β-unsaturated/α-hetero) is 1. The van der Waals surface area contributed by atoms with Crippen molar-refractivity contribution in [3.05, 3.63) is 70.4 Å². The van der Waals surface area contributed by atoms with Gasteiger partial charge in [-0.05, 0) is 56.6 Å². The second kappa shape index (κ2) is 10.1. The van der Waals surface area contributed by atoms with Crippen LogP contribution in [0.5, 0.6) is 0 Å². The second-order valence-corrected chi connectivity index (χ2v) is 8.64. The van der Waals surface area contributed by atoms with E-state index in [-0.39, 0.29) is 5.78 Å². The van der Waals surface area contributed by atoms with Crippen LogP contribution in [0.3, 0.4) is 0 Å². The van der Waals surface area contributed by atoms with Crippen LogP contribution in [-0.4, -0.2) is 46.5 Å². The standard InChI is InChI=1S/C26H26ClN3O2/c27-21-9-8-20-16-29-26(28)23(24(20)15-21)11-5-18-3-6-19(7-4-18)25(32)12-10-22(31)17-30-13-1-2-14-30/h3-4,6-9,15-16,22,31H,1-2,10,12-14,17H2,(H2,28,29). The lowest BCUT2D eigenvalue weighted by atomic mass is 10.0. The molecule has 164 valence electrons. The number of aromatic nitrogens is 1. The van der Waals surface area contributed by atoms with Crippen LogP contribution in [0.25, 0.3) is 10.8 Å². The van der Waals surface area contributed by atoms with Gasteiger partial charge < -0.3 is 15.7 Å². The van der Waals surface area contributed by atoms with Crippen LogP contribution in [-0.2, 0) is 0 Å². The molecule has 3 N–H and O–H groups in total. The van der Waals surface area contributed by atoms with Crippen molar-refractivity contribution >= 4 is 34.0 Å². The molecule has 2 aromatic carbocycles. The van der Waals surface area contributed by atoms with E-state index in [1.54, 1.807) is 24.4 Å². The smallest absolute Gasteiger partial charge is 0.162 e. The van der Waals surface area contributed by atoms with Gasteiger partial charge in [0.1, 0.15) is 5.82 Å². The monoisotopic (exact) mass is 447 g/mol. The third-order valence-corrected chi connectivity index (χ3v) is 6.03. The van der Waals surface area contributed by atoms with Gasteiger partial charge in [0.15, 0.2) is 5.78 Å². The minimum atomic E-state index is -0.463. The first kappa shape index (κ1) is 22.3. The number of nitrogen functional groups attached to an aromatic ring is 1. The lowest BCUT2D eigenvalue weighted by Crippen LogP contribution is -2.30. The summed E-state index contributed by atoms with van der Waals surface area (Å²) in [5.74, 6) is 6.59. The zero-order valence-electron chi connectivity index (χ0n) is 17.9. The van der Waals surface area contributed by atoms with Crippen LogP contribution < -0.4 is 5.73 Å². The van der Waals surface area contributed by atoms with Crippen molar-refractivity contribution in [1.29, 1.82) is 0 Å². The van der Waals surface area contributed by atoms with Gasteiger partial charge in [-0.1, -0.05) is 41.6 Å². The zero-order valence-corrected chi connectivity index (χ0v) is 18.6. The van der Waals surface area contributed by atoms with Crippen molar-refractivity contribution in [3.8, 4) is 11.8 Å². The SMILES string of the molecule is Nc1ncc2ccc(Cl)cc2c1C#Cc1ccc(C(=O)CCC(O)CN2CCCC2)cc1. The predicted octanol–water partition coefficient (Wildman–Crippen LogP) is 4.29. The normalized spacial score (nSPS) is 14.8. The van der Waals surface area contributed by atoms with Crippen molar-refractivity contribution in [1.82, 2.24) is 9.88 Å². The Kier molecular flexibility index (Phi) is 7.06. The number of anilines is 1. The molecule has 1 fully saturated rings. The van der Waals surface area contributed by atoms with Gasteiger partial charge in [0.25, 0.3) is 0 Å². The van der Waals surface area contributed by atoms with Crippen LogP contribution in [0.1, 0.15) is 47.2 Å². The fraction of sp³-hybridized carbons (Fsp3) is 0.308. The number of carbonyl (C=O) groups excluding carboxylic acids is 1. The summed E-state index contributed by atoms with van der Waals surface area (Å²) in [6.07, 6.45) is 4.44. The number of rotatable bonds is 6. The average Bonchev–Trinajstić information content (AvgIpc) is 3.30. The van der Waals surface area contributed by atoms with E-state index in [4.69, 9.17) is 17.3 Å². The summed E-state index contributed by atoms with van der Waals surface area (Å²) >= 11 is 6.14. The fourth-order valence-corrected chi connectivity index (χ4v) is 4.17. The Labute approximate surface area is 193 Å². The summed E-state index contributed by atoms with van der Waals surface area (Å²) in [6.45, 7) is 2.74. The number of aliphatic hydroxyl groups excluding tert-OH is 1. The van der Waals surface area contributed by atoms with Gasteiger partial charge in [-0.25, -0.2) is 4.98 Å². The van der Waals surface area contributed by atoms with Gasteiger partial charge in [0.2, 0.25) is 0 Å². The summed E-state index contributed by atoms with van der Waals surface area (Å²) in [4.78, 5) is 19.0. The molecular weight excluding hydrogens is 422 g/mol. The second-order valence-electron chi connectivity index (χ2n) is 8.20. The molecule has 0 amide bonds. The number of halogens is 1. The number of ketones is 1. The Morgan fingerprint density at radius 1 is 1.16 bits per heavy atom. The van der Waals surface area contributed by atoms with Gasteiger partial charge in [-0.15, -0.1) is 0 Å². The maximum atomic E-state index is 12.5.